The van der Waals surface area contributed by atoms with Crippen LogP contribution in [0.3, 0.4) is 0 Å². The zero-order chi connectivity index (χ0) is 56.7. The maximum Gasteiger partial charge on any atom is 0.396 e. The van der Waals surface area contributed by atoms with Crippen LogP contribution in [0, 0.1) is 0 Å². The van der Waals surface area contributed by atoms with Crippen LogP contribution in [0.1, 0.15) is 32.9 Å². The van der Waals surface area contributed by atoms with Crippen molar-refractivity contribution in [1.29, 1.82) is 0 Å². The predicted molar refractivity (Wildman–Crippen MR) is 232 cm³/mol. The summed E-state index contributed by atoms with van der Waals surface area (Å²) in [7, 11) is -3.90. The van der Waals surface area contributed by atoms with Gasteiger partial charge in [0.05, 0.1) is 38.6 Å². The van der Waals surface area contributed by atoms with Gasteiger partial charge in [0.2, 0.25) is 0 Å². The van der Waals surface area contributed by atoms with Crippen LogP contribution in [0.2, 0.25) is 6.55 Å². The molecule has 1 unspecified atom stereocenters. The summed E-state index contributed by atoms with van der Waals surface area (Å²) in [4.78, 5) is 3.78. The summed E-state index contributed by atoms with van der Waals surface area (Å²) in [5.41, 5.74) is -1.87. The monoisotopic (exact) mass is 745 g/mol. The van der Waals surface area contributed by atoms with E-state index in [0.717, 1.165) is 9.80 Å². The molecule has 254 valence electrons. The highest BCUT2D eigenvalue weighted by atomic mass is 28.3. The van der Waals surface area contributed by atoms with Gasteiger partial charge in [0, 0.05) is 45.5 Å². The minimum absolute atomic E-state index is 0.000457. The van der Waals surface area contributed by atoms with Crippen molar-refractivity contribution in [2.24, 2.45) is 0 Å². The Labute approximate surface area is 355 Å². The number of fused-ring (bicyclic) bond motifs is 6. The Morgan fingerprint density at radius 3 is 1.78 bits per heavy atom. The second kappa shape index (κ2) is 12.2. The third-order valence-electron chi connectivity index (χ3n) is 10.3. The van der Waals surface area contributed by atoms with E-state index in [9.17, 15) is 13.7 Å². The molecule has 11 rings (SSSR count). The molecule has 8 aromatic rings. The first-order chi connectivity index (χ1) is 36.7. The lowest BCUT2D eigenvalue weighted by Gasteiger charge is -2.50. The molecule has 3 aliphatic rings. The van der Waals surface area contributed by atoms with E-state index in [-0.39, 0.29) is 36.8 Å². The number of nitrogens with zero attached hydrogens (tertiary/aromatic N) is 3. The van der Waals surface area contributed by atoms with Gasteiger partial charge in [-0.15, -0.1) is 0 Å². The summed E-state index contributed by atoms with van der Waals surface area (Å²) in [6.07, 6.45) is 0. The number of rotatable bonds is 5. The van der Waals surface area contributed by atoms with Gasteiger partial charge in [0.15, 0.2) is 8.07 Å². The largest absolute Gasteiger partial charge is 0.396 e. The highest BCUT2D eigenvalue weighted by Crippen LogP contribution is 2.48. The Hall–Kier alpha value is -6.09. The fraction of sp³-hybridized carbons (Fsp3) is 0.0204. The van der Waals surface area contributed by atoms with Gasteiger partial charge in [-0.25, -0.2) is 0 Å². The third-order valence-corrected chi connectivity index (χ3v) is 17.8. The van der Waals surface area contributed by atoms with Crippen LogP contribution >= 0.6 is 0 Å². The molecule has 0 fully saturated rings. The van der Waals surface area contributed by atoms with Crippen molar-refractivity contribution in [2.45, 2.75) is 6.55 Å². The molecule has 8 aromatic carbocycles. The minimum atomic E-state index is -3.90. The molecule has 0 bridgehead atoms. The SMILES string of the molecule is [2H]c1c([2H])c([2H])c(N(c2cc3[c]4c(c2)N(c2c([2H])c([2H])c([2H])c([2H])c2[2H])c2c([2H])c([2H])c([2H])c([2H])[c]2[Al]4[c]2cccc4c2N3c2ccccc2[Si]4(C)c2c([2H])c([2H])c([2H])c([2H])c2[2H])c2c([2H])c([2H])c([2H])c([2H])c2[2H])c([2H])c1[2H]. The number of hydrogen-bond acceptors (Lipinski definition) is 3. The number of benzene rings is 8. The van der Waals surface area contributed by atoms with E-state index in [1.165, 1.54) is 12.1 Å². The van der Waals surface area contributed by atoms with Gasteiger partial charge in [0.1, 0.15) is 0 Å². The van der Waals surface area contributed by atoms with Crippen molar-refractivity contribution in [3.63, 3.8) is 0 Å². The van der Waals surface area contributed by atoms with E-state index >= 15 is 0 Å². The fourth-order valence-electron chi connectivity index (χ4n) is 8.17. The molecule has 1 atom stereocenters. The molecule has 0 saturated heterocycles. The molecule has 0 amide bonds. The average molecular weight is 746 g/mol. The minimum Gasteiger partial charge on any atom is -0.313 e. The molecule has 0 N–H and O–H groups in total. The van der Waals surface area contributed by atoms with Crippen molar-refractivity contribution in [3.05, 3.63) is 200 Å². The van der Waals surface area contributed by atoms with Crippen molar-refractivity contribution in [1.82, 2.24) is 0 Å². The van der Waals surface area contributed by atoms with E-state index in [1.54, 1.807) is 47.4 Å². The van der Waals surface area contributed by atoms with Crippen LogP contribution in [0.5, 0.6) is 0 Å². The highest BCUT2D eigenvalue weighted by Gasteiger charge is 2.51. The lowest BCUT2D eigenvalue weighted by molar-refractivity contribution is 1.23. The van der Waals surface area contributed by atoms with Gasteiger partial charge < -0.3 is 14.7 Å². The predicted octanol–water partition coefficient (Wildman–Crippen LogP) is 8.65. The topological polar surface area (TPSA) is 9.72 Å². The zero-order valence-corrected chi connectivity index (χ0v) is 30.3. The summed E-state index contributed by atoms with van der Waals surface area (Å²) in [6.45, 7) is 1.84. The van der Waals surface area contributed by atoms with E-state index in [1.807, 2.05) is 6.55 Å². The van der Waals surface area contributed by atoms with Crippen LogP contribution < -0.4 is 43.5 Å². The Morgan fingerprint density at radius 1 is 0.500 bits per heavy atom. The Bertz CT molecular complexity index is 3940. The summed E-state index contributed by atoms with van der Waals surface area (Å²) in [5.74, 6) is 0. The van der Waals surface area contributed by atoms with Gasteiger partial charge in [-0.2, -0.15) is 0 Å². The Morgan fingerprint density at radius 2 is 1.07 bits per heavy atom. The Balaban J connectivity index is 1.41. The summed E-state index contributed by atoms with van der Waals surface area (Å²) in [6, 6.07) is -3.24. The molecule has 54 heavy (non-hydrogen) atoms. The van der Waals surface area contributed by atoms with Gasteiger partial charge in [-0.1, -0.05) is 159 Å². The molecule has 5 heteroatoms. The Kier molecular flexibility index (Phi) is 3.56. The van der Waals surface area contributed by atoms with E-state index in [2.05, 4.69) is 0 Å². The number of anilines is 9. The fourth-order valence-corrected chi connectivity index (χ4v) is 15.5. The van der Waals surface area contributed by atoms with Crippen molar-refractivity contribution in [3.8, 4) is 0 Å². The number of hydrogen-bond donors (Lipinski definition) is 0. The van der Waals surface area contributed by atoms with Crippen LogP contribution in [-0.2, 0) is 0 Å². The molecule has 0 spiro atoms. The van der Waals surface area contributed by atoms with Crippen LogP contribution in [0.15, 0.2) is 200 Å². The summed E-state index contributed by atoms with van der Waals surface area (Å²) >= 11 is -3.60. The van der Waals surface area contributed by atoms with Crippen molar-refractivity contribution >= 4 is 102 Å². The maximum absolute atomic E-state index is 9.77. The zero-order valence-electron chi connectivity index (χ0n) is 52.1. The summed E-state index contributed by atoms with van der Waals surface area (Å²) < 4.78 is 218. The molecule has 0 saturated carbocycles. The quantitative estimate of drug-likeness (QED) is 0.164. The molecule has 3 heterocycles. The molecule has 3 nitrogen and oxygen atoms in total. The standard InChI is InChI=1S/C49H36N3Si.Al/c1-53(45-29-15-6-16-30-45)48-33-19-17-31-46(48)52(47-32-18-20-34-49(47)53)44-36-42(50(38-21-7-2-8-22-38)39-23-9-3-10-24-39)35-43(37-44)51(40-25-11-4-12-26-40)41-27-13-5-14-28-41;/h2-27,29-31,33-36H,1H3;/i2D,3D,4D,5D,6D,7D,8D,9D,10D,11D,12D,13D,14D,15D,16D,21D,22D,23D,24D,25D,26D,27D,29D,30D;. The molecule has 0 aliphatic carbocycles. The molecule has 3 aliphatic heterocycles. The lowest BCUT2D eigenvalue weighted by Crippen LogP contribution is -2.72. The third kappa shape index (κ3) is 4.47. The first kappa shape index (κ1) is 15.7. The van der Waals surface area contributed by atoms with E-state index in [4.69, 9.17) is 19.2 Å². The lowest BCUT2D eigenvalue weighted by atomic mass is 10.1. The molecular formula is C49H36AlN3Si. The first-order valence-corrected chi connectivity index (χ1v) is 21.1. The first-order valence-electron chi connectivity index (χ1n) is 28.9. The van der Waals surface area contributed by atoms with Crippen LogP contribution in [-0.4, -0.2) is 22.2 Å². The van der Waals surface area contributed by atoms with Gasteiger partial charge >= 0.3 is 14.1 Å². The molecular weight excluding hydrogens is 686 g/mol. The molecule has 0 radical (unpaired) electrons. The van der Waals surface area contributed by atoms with Crippen molar-refractivity contribution < 1.29 is 32.9 Å². The van der Waals surface area contributed by atoms with Crippen LogP contribution in [0.25, 0.3) is 0 Å². The second-order valence-corrected chi connectivity index (χ2v) is 19.4. The van der Waals surface area contributed by atoms with E-state index < -0.39 is 184 Å². The van der Waals surface area contributed by atoms with E-state index in [0.29, 0.717) is 26.2 Å². The molecule has 0 aromatic heterocycles. The average Bonchev–Trinajstić information content (AvgIpc) is 2.66. The van der Waals surface area contributed by atoms with Crippen LogP contribution in [0.4, 0.5) is 51.2 Å². The maximum atomic E-state index is 9.77. The normalized spacial score (nSPS) is 22.1. The highest BCUT2D eigenvalue weighted by molar-refractivity contribution is 7.13. The van der Waals surface area contributed by atoms with Crippen molar-refractivity contribution in [2.75, 3.05) is 14.7 Å². The van der Waals surface area contributed by atoms with Gasteiger partial charge in [0.25, 0.3) is 0 Å². The number of para-hydroxylation sites is 6. The smallest absolute Gasteiger partial charge is 0.313 e. The summed E-state index contributed by atoms with van der Waals surface area (Å²) in [5, 5.41) is 1.04. The van der Waals surface area contributed by atoms with Gasteiger partial charge in [-0.3, -0.25) is 0 Å². The van der Waals surface area contributed by atoms with Gasteiger partial charge in [-0.05, 0) is 76.1 Å². The second-order valence-electron chi connectivity index (χ2n) is 12.9.